The van der Waals surface area contributed by atoms with E-state index in [2.05, 4.69) is 21.2 Å². The van der Waals surface area contributed by atoms with Gasteiger partial charge in [0.05, 0.1) is 11.4 Å². The maximum absolute atomic E-state index is 13.3. The molecule has 160 valence electrons. The molecule has 1 aromatic carbocycles. The Hall–Kier alpha value is -2.28. The second-order valence-electron chi connectivity index (χ2n) is 7.75. The molecule has 1 saturated heterocycles. The van der Waals surface area contributed by atoms with Crippen molar-refractivity contribution in [3.63, 3.8) is 0 Å². The van der Waals surface area contributed by atoms with E-state index in [9.17, 15) is 14.0 Å². The average Bonchev–Trinajstić information content (AvgIpc) is 2.91. The van der Waals surface area contributed by atoms with E-state index in [4.69, 9.17) is 4.99 Å². The number of carbonyl (C=O) groups is 2. The van der Waals surface area contributed by atoms with E-state index in [-0.39, 0.29) is 29.6 Å². The van der Waals surface area contributed by atoms with Gasteiger partial charge in [-0.05, 0) is 62.9 Å². The first kappa shape index (κ1) is 22.4. The van der Waals surface area contributed by atoms with Crippen molar-refractivity contribution in [2.45, 2.75) is 63.9 Å². The second kappa shape index (κ2) is 9.25. The molecular formula is C23H27BrFN3O2. The van der Waals surface area contributed by atoms with Gasteiger partial charge in [0.15, 0.2) is 11.6 Å². The fourth-order valence-electron chi connectivity index (χ4n) is 3.90. The van der Waals surface area contributed by atoms with Crippen molar-refractivity contribution in [2.24, 2.45) is 4.99 Å². The van der Waals surface area contributed by atoms with Crippen molar-refractivity contribution in [1.82, 2.24) is 10.2 Å². The van der Waals surface area contributed by atoms with Crippen LogP contribution in [-0.2, 0) is 4.79 Å². The normalized spacial score (nSPS) is 20.3. The lowest BCUT2D eigenvalue weighted by Crippen LogP contribution is -2.59. The number of fused-ring (bicyclic) bond motifs is 1. The third kappa shape index (κ3) is 4.26. The molecule has 2 aliphatic heterocycles. The zero-order chi connectivity index (χ0) is 22.0. The summed E-state index contributed by atoms with van der Waals surface area (Å²) in [5.41, 5.74) is 2.79. The van der Waals surface area contributed by atoms with E-state index in [1.807, 2.05) is 38.7 Å². The highest BCUT2D eigenvalue weighted by molar-refractivity contribution is 9.10. The Morgan fingerprint density at radius 2 is 1.97 bits per heavy atom. The maximum Gasteiger partial charge on any atom is 0.247 e. The van der Waals surface area contributed by atoms with E-state index in [0.29, 0.717) is 35.6 Å². The number of nitrogens with zero attached hydrogens (tertiary/aromatic N) is 2. The van der Waals surface area contributed by atoms with Crippen LogP contribution in [-0.4, -0.2) is 39.3 Å². The van der Waals surface area contributed by atoms with Gasteiger partial charge in [-0.15, -0.1) is 0 Å². The van der Waals surface area contributed by atoms with Gasteiger partial charge >= 0.3 is 0 Å². The highest BCUT2D eigenvalue weighted by Gasteiger charge is 2.38. The molecular weight excluding hydrogens is 449 g/mol. The van der Waals surface area contributed by atoms with Crippen LogP contribution >= 0.6 is 15.9 Å². The fraction of sp³-hybridized carbons (Fsp3) is 0.435. The van der Waals surface area contributed by atoms with Gasteiger partial charge in [0.25, 0.3) is 0 Å². The van der Waals surface area contributed by atoms with Crippen molar-refractivity contribution in [3.05, 3.63) is 58.7 Å². The van der Waals surface area contributed by atoms with Crippen molar-refractivity contribution in [2.75, 3.05) is 0 Å². The number of hydrogen-bond donors (Lipinski definition) is 1. The molecule has 5 nitrogen and oxygen atoms in total. The van der Waals surface area contributed by atoms with Gasteiger partial charge in [-0.1, -0.05) is 35.9 Å². The van der Waals surface area contributed by atoms with E-state index in [1.54, 1.807) is 0 Å². The molecule has 2 unspecified atom stereocenters. The van der Waals surface area contributed by atoms with Crippen molar-refractivity contribution in [1.29, 1.82) is 0 Å². The smallest absolute Gasteiger partial charge is 0.247 e. The number of amides is 1. The highest BCUT2D eigenvalue weighted by atomic mass is 79.9. The Morgan fingerprint density at radius 1 is 1.30 bits per heavy atom. The summed E-state index contributed by atoms with van der Waals surface area (Å²) in [7, 11) is 0. The molecule has 0 bridgehead atoms. The molecule has 0 aromatic heterocycles. The molecule has 1 amide bonds. The summed E-state index contributed by atoms with van der Waals surface area (Å²) in [6.07, 6.45) is 3.95. The average molecular weight is 476 g/mol. The van der Waals surface area contributed by atoms with Crippen LogP contribution in [0.1, 0.15) is 57.3 Å². The van der Waals surface area contributed by atoms with Gasteiger partial charge in [0.1, 0.15) is 16.7 Å². The Kier molecular flexibility index (Phi) is 6.91. The van der Waals surface area contributed by atoms with Gasteiger partial charge in [0.2, 0.25) is 5.91 Å². The lowest BCUT2D eigenvalue weighted by molar-refractivity contribution is -0.125. The van der Waals surface area contributed by atoms with Gasteiger partial charge in [-0.2, -0.15) is 0 Å². The summed E-state index contributed by atoms with van der Waals surface area (Å²) in [5.74, 6) is 0.0967. The number of aliphatic imine (C=N–C) groups is 1. The molecule has 0 radical (unpaired) electrons. The minimum atomic E-state index is -0.662. The number of carbonyl (C=O) groups excluding carboxylic acids is 2. The summed E-state index contributed by atoms with van der Waals surface area (Å²) in [6, 6.07) is 5.29. The maximum atomic E-state index is 13.3. The number of amidine groups is 1. The number of rotatable bonds is 6. The zero-order valence-corrected chi connectivity index (χ0v) is 19.3. The van der Waals surface area contributed by atoms with Crippen LogP contribution in [0.5, 0.6) is 0 Å². The quantitative estimate of drug-likeness (QED) is 0.477. The third-order valence-corrected chi connectivity index (χ3v) is 6.34. The van der Waals surface area contributed by atoms with E-state index in [0.717, 1.165) is 12.0 Å². The van der Waals surface area contributed by atoms with Crippen LogP contribution in [0, 0.1) is 5.82 Å². The number of alkyl halides is 1. The number of halogens is 2. The number of Topliss-reactive ketones (excluding diaryl/α,β-unsaturated/α-hetero) is 1. The Morgan fingerprint density at radius 3 is 2.53 bits per heavy atom. The van der Waals surface area contributed by atoms with Crippen LogP contribution < -0.4 is 5.32 Å². The Bertz CT molecular complexity index is 934. The summed E-state index contributed by atoms with van der Waals surface area (Å²) in [5, 5.41) is 3.00. The molecule has 3 rings (SSSR count). The molecule has 0 aliphatic carbocycles. The predicted molar refractivity (Wildman–Crippen MR) is 120 cm³/mol. The zero-order valence-electron chi connectivity index (χ0n) is 17.7. The van der Waals surface area contributed by atoms with E-state index >= 15 is 0 Å². The van der Waals surface area contributed by atoms with Crippen LogP contribution in [0.25, 0.3) is 0 Å². The molecule has 2 aliphatic rings. The summed E-state index contributed by atoms with van der Waals surface area (Å²) >= 11 is 3.56. The fourth-order valence-corrected chi connectivity index (χ4v) is 4.59. The number of hydrogen-bond acceptors (Lipinski definition) is 4. The minimum Gasteiger partial charge on any atom is -0.340 e. The first-order valence-corrected chi connectivity index (χ1v) is 11.2. The first-order valence-electron chi connectivity index (χ1n) is 10.3. The number of allylic oxidation sites excluding steroid dienone is 3. The van der Waals surface area contributed by atoms with Gasteiger partial charge in [0, 0.05) is 11.6 Å². The molecule has 0 spiro atoms. The predicted octanol–water partition coefficient (Wildman–Crippen LogP) is 4.74. The molecule has 2 atom stereocenters. The number of piperazine rings is 1. The van der Waals surface area contributed by atoms with Crippen LogP contribution in [0.4, 0.5) is 4.39 Å². The standard InChI is InChI=1S/C23H27BrFN3O2/c1-5-14-9-12-17-22(28(13(3)4)18(6-2)23(30)26-17)27-20(14)19(24)21(29)15-7-10-16(25)11-8-15/h7-8,10-13,18-19H,5-6,9H2,1-4H3,(H,26,30). The number of ketones is 1. The lowest BCUT2D eigenvalue weighted by atomic mass is 10.0. The molecule has 1 aromatic rings. The number of benzene rings is 1. The Labute approximate surface area is 185 Å². The Balaban J connectivity index is 2.06. The lowest BCUT2D eigenvalue weighted by Gasteiger charge is -2.41. The number of nitrogens with one attached hydrogen (secondary N) is 1. The molecule has 30 heavy (non-hydrogen) atoms. The monoisotopic (exact) mass is 475 g/mol. The van der Waals surface area contributed by atoms with E-state index < -0.39 is 4.83 Å². The van der Waals surface area contributed by atoms with Crippen molar-refractivity contribution >= 4 is 33.5 Å². The largest absolute Gasteiger partial charge is 0.340 e. The molecule has 2 heterocycles. The van der Waals surface area contributed by atoms with Crippen LogP contribution in [0.15, 0.2) is 52.3 Å². The topological polar surface area (TPSA) is 61.8 Å². The SMILES string of the molecule is CCC1=C(C(Br)C(=O)c2ccc(F)cc2)N=C2C(=CC1)NC(=O)C(CC)N2C(C)C. The third-order valence-electron chi connectivity index (χ3n) is 5.49. The van der Waals surface area contributed by atoms with Crippen LogP contribution in [0.2, 0.25) is 0 Å². The first-order chi connectivity index (χ1) is 14.3. The van der Waals surface area contributed by atoms with Gasteiger partial charge in [-0.3, -0.25) is 9.59 Å². The van der Waals surface area contributed by atoms with Gasteiger partial charge in [-0.25, -0.2) is 9.38 Å². The summed E-state index contributed by atoms with van der Waals surface area (Å²) in [6.45, 7) is 8.07. The molecule has 1 N–H and O–H groups in total. The molecule has 7 heteroatoms. The van der Waals surface area contributed by atoms with Crippen molar-refractivity contribution < 1.29 is 14.0 Å². The second-order valence-corrected chi connectivity index (χ2v) is 8.66. The van der Waals surface area contributed by atoms with Gasteiger partial charge < -0.3 is 10.2 Å². The van der Waals surface area contributed by atoms with E-state index in [1.165, 1.54) is 24.3 Å². The summed E-state index contributed by atoms with van der Waals surface area (Å²) in [4.78, 5) is 32.1. The van der Waals surface area contributed by atoms with Crippen molar-refractivity contribution in [3.8, 4) is 0 Å². The minimum absolute atomic E-state index is 0.0318. The highest BCUT2D eigenvalue weighted by Crippen LogP contribution is 2.31. The summed E-state index contributed by atoms with van der Waals surface area (Å²) < 4.78 is 13.3. The van der Waals surface area contributed by atoms with Crippen LogP contribution in [0.3, 0.4) is 0 Å². The molecule has 0 saturated carbocycles. The molecule has 1 fully saturated rings.